The van der Waals surface area contributed by atoms with Crippen LogP contribution in [0.2, 0.25) is 0 Å². The van der Waals surface area contributed by atoms with Gasteiger partial charge in [0.25, 0.3) is 5.92 Å². The second-order valence-corrected chi connectivity index (χ2v) is 33.4. The lowest BCUT2D eigenvalue weighted by Gasteiger charge is -2.53. The van der Waals surface area contributed by atoms with E-state index in [-0.39, 0.29) is 61.7 Å². The lowest BCUT2D eigenvalue weighted by atomic mass is 9.53. The van der Waals surface area contributed by atoms with E-state index in [1.54, 1.807) is 20.8 Å². The normalized spacial score (nSPS) is 42.9. The zero-order chi connectivity index (χ0) is 85.9. The molecule has 37 heteroatoms. The van der Waals surface area contributed by atoms with Crippen LogP contribution in [0.3, 0.4) is 0 Å². The third-order valence-corrected chi connectivity index (χ3v) is 24.2. The fourth-order valence-electron chi connectivity index (χ4n) is 17.5. The highest BCUT2D eigenvalue weighted by Gasteiger charge is 2.91. The quantitative estimate of drug-likeness (QED) is 0.212. The summed E-state index contributed by atoms with van der Waals surface area (Å²) in [6, 6.07) is 0. The minimum atomic E-state index is -6.19. The fraction of sp³-hybridized carbons (Fsp3) is 1.00. The van der Waals surface area contributed by atoms with Crippen LogP contribution >= 0.6 is 0 Å². The molecule has 0 aromatic heterocycles. The zero-order valence-electron chi connectivity index (χ0n) is 62.9. The Morgan fingerprint density at radius 1 is 0.308 bits per heavy atom. The van der Waals surface area contributed by atoms with Gasteiger partial charge >= 0.3 is 67.2 Å². The van der Waals surface area contributed by atoms with Gasteiger partial charge < -0.3 is 0 Å². The zero-order valence-corrected chi connectivity index (χ0v) is 61.9. The van der Waals surface area contributed by atoms with Crippen LogP contribution in [0, 0.1) is 141 Å². The van der Waals surface area contributed by atoms with Crippen molar-refractivity contribution in [2.24, 2.45) is 141 Å². The highest BCUT2D eigenvalue weighted by Crippen LogP contribution is 2.72. The Labute approximate surface area is 601 Å². The summed E-state index contributed by atoms with van der Waals surface area (Å²) in [4.78, 5) is 0. The van der Waals surface area contributed by atoms with Gasteiger partial charge in [0.05, 0.1) is 52.8 Å². The third-order valence-electron chi connectivity index (χ3n) is 24.2. The van der Waals surface area contributed by atoms with Crippen molar-refractivity contribution in [3.05, 3.63) is 0 Å². The van der Waals surface area contributed by atoms with E-state index in [9.17, 15) is 162 Å². The lowest BCUT2D eigenvalue weighted by molar-refractivity contribution is -0.431. The Kier molecular flexibility index (Phi) is 31.8. The second-order valence-electron chi connectivity index (χ2n) is 33.4. The molecule has 2 bridgehead atoms. The Bertz CT molecular complexity index is 2640. The molecule has 10 fully saturated rings. The number of hydrogen-bond acceptors (Lipinski definition) is 0. The smallest absolute Gasteiger partial charge is 0.247 e. The van der Waals surface area contributed by atoms with E-state index < -0.39 is 211 Å². The van der Waals surface area contributed by atoms with Crippen LogP contribution in [0.1, 0.15) is 196 Å². The van der Waals surface area contributed by atoms with Crippen LogP contribution in [0.25, 0.3) is 0 Å². The average molecular weight is 1650 g/mol. The maximum Gasteiger partial charge on any atom is 0.394 e. The predicted molar refractivity (Wildman–Crippen MR) is 325 cm³/mol. The summed E-state index contributed by atoms with van der Waals surface area (Å²) in [5.41, 5.74) is -5.66. The van der Waals surface area contributed by atoms with Crippen LogP contribution in [0.5, 0.6) is 0 Å². The fourth-order valence-corrected chi connectivity index (χ4v) is 17.5. The van der Waals surface area contributed by atoms with Crippen molar-refractivity contribution in [1.29, 1.82) is 0 Å². The number of rotatable bonds is 0. The number of halogens is 37. The van der Waals surface area contributed by atoms with Gasteiger partial charge in [-0.2, -0.15) is 132 Å². The van der Waals surface area contributed by atoms with Gasteiger partial charge in [0.2, 0.25) is 5.67 Å². The first kappa shape index (κ1) is 98.6. The van der Waals surface area contributed by atoms with Crippen LogP contribution in [-0.4, -0.2) is 103 Å². The summed E-state index contributed by atoms with van der Waals surface area (Å²) in [5.74, 6) is -51.1. The summed E-state index contributed by atoms with van der Waals surface area (Å²) < 4.78 is 479. The molecule has 0 nitrogen and oxygen atoms in total. The average Bonchev–Trinajstić information content (AvgIpc) is 1.04. The molecule has 0 N–H and O–H groups in total. The molecule has 0 radical (unpaired) electrons. The summed E-state index contributed by atoms with van der Waals surface area (Å²) in [5, 5.41) is 0. The Balaban J connectivity index is 0.000000426. The number of alkyl halides is 37. The Morgan fingerprint density at radius 2 is 0.636 bits per heavy atom. The van der Waals surface area contributed by atoms with Crippen molar-refractivity contribution in [2.75, 3.05) is 0 Å². The van der Waals surface area contributed by atoms with Gasteiger partial charge in [-0.25, -0.2) is 30.7 Å². The van der Waals surface area contributed by atoms with E-state index in [0.717, 1.165) is 38.5 Å². The first-order valence-corrected chi connectivity index (χ1v) is 35.2. The third kappa shape index (κ3) is 23.1. The molecule has 10 rings (SSSR count). The minimum Gasteiger partial charge on any atom is -0.247 e. The maximum atomic E-state index is 13.2. The highest BCUT2D eigenvalue weighted by atomic mass is 19.4. The van der Waals surface area contributed by atoms with Gasteiger partial charge in [-0.15, -0.1) is 0 Å². The SMILES string of the molecule is CC1(C)CC1.CC1C(C)C(C(F)(F)F)C(C(F)(F)F)C(C)C1C(F)(F)F.CC1C(F)(F)C(C)(F)C(F)(F)C(F)(F)C1(F)F.CC1C(F)C(C)C(F)C(F)C1F.CC1CC(C)C(C(F)(F)F)C(C(F)(F)F)C1.CC1CC(C)CC(C(F)(F)F)C1.CC1[C@H]2CC[C@@H]1C2(C)C(F)(F)F.[2H]C1(C)CC(C)CC(C(F)(F)F)C1. The molecule has 10 saturated carbocycles. The molecular formula is C70H101F37. The van der Waals surface area contributed by atoms with Gasteiger partial charge in [0, 0.05) is 13.2 Å². The van der Waals surface area contributed by atoms with Crippen LogP contribution in [0.15, 0.2) is 0 Å². The highest BCUT2D eigenvalue weighted by molar-refractivity contribution is 5.20. The van der Waals surface area contributed by atoms with Gasteiger partial charge in [-0.05, 0) is 160 Å². The largest absolute Gasteiger partial charge is 0.394 e. The van der Waals surface area contributed by atoms with Gasteiger partial charge in [-0.3, -0.25) is 0 Å². The molecule has 107 heavy (non-hydrogen) atoms. The maximum absolute atomic E-state index is 13.2. The predicted octanol–water partition coefficient (Wildman–Crippen LogP) is 28.7. The van der Waals surface area contributed by atoms with Crippen molar-refractivity contribution < 1.29 is 164 Å². The minimum absolute atomic E-state index is 0.0166. The molecule has 0 aromatic rings. The molecule has 640 valence electrons. The van der Waals surface area contributed by atoms with Crippen molar-refractivity contribution in [1.82, 2.24) is 0 Å². The van der Waals surface area contributed by atoms with Gasteiger partial charge in [0.1, 0.15) is 18.5 Å². The van der Waals surface area contributed by atoms with Crippen molar-refractivity contribution in [2.45, 2.75) is 298 Å². The topological polar surface area (TPSA) is 0 Å². The number of fused-ring (bicyclic) bond motifs is 1. The molecular weight excluding hydrogens is 1540 g/mol. The second kappa shape index (κ2) is 34.5. The summed E-state index contributed by atoms with van der Waals surface area (Å²) in [7, 11) is 0. The van der Waals surface area contributed by atoms with E-state index in [0.29, 0.717) is 32.1 Å². The van der Waals surface area contributed by atoms with E-state index in [1.807, 2.05) is 20.8 Å². The molecule has 25 atom stereocenters. The Morgan fingerprint density at radius 3 is 0.935 bits per heavy atom. The van der Waals surface area contributed by atoms with Gasteiger partial charge in [-0.1, -0.05) is 111 Å². The molecule has 0 aliphatic heterocycles. The molecule has 23 unspecified atom stereocenters. The van der Waals surface area contributed by atoms with Crippen molar-refractivity contribution in [3.63, 3.8) is 0 Å². The monoisotopic (exact) mass is 1650 g/mol. The van der Waals surface area contributed by atoms with E-state index >= 15 is 0 Å². The van der Waals surface area contributed by atoms with Crippen molar-refractivity contribution >= 4 is 0 Å². The molecule has 10 aliphatic rings. The first-order valence-electron chi connectivity index (χ1n) is 35.7. The van der Waals surface area contributed by atoms with Crippen LogP contribution in [-0.2, 0) is 0 Å². The lowest BCUT2D eigenvalue weighted by Crippen LogP contribution is -2.77. The number of hydrogen-bond donors (Lipinski definition) is 0. The first-order chi connectivity index (χ1) is 47.4. The van der Waals surface area contributed by atoms with E-state index in [2.05, 4.69) is 13.8 Å². The molecule has 0 aromatic carbocycles. The molecule has 10 aliphatic carbocycles. The standard InChI is InChI=1S/C12H15F9.C10H14F6.C9H13F3.2C9H15F3.C8H7F9.C8H12F4.C5H10/c1-4-5(2)8(11(16,17)18)9(12(19,20)21)6(3)7(4)10(13,14)15;1-5-3-6(2)8(10(14,15)16)7(4-5)9(11,12)13;1-5-6-3-4-7(5)8(6,2)9(10,11)12;2*1-6-3-7(2)5-8(4-6)9(10,11)12;1-3-5(10,11)4(2,9)7(14,15)8(16,17)6(3,12)13;1-3-5(9)4(2)7(11)8(12)6(3)10;1-5(2)3-4-5/h4-9H,1-3H3;5-8H,3-4H2,1-2H3;5-7H,3-4H2,1-2H3;2*6-8H,3-5H2,1-2H3;3H,1-2H3;3-8H,1-2H3;3-4H2,1-2H3/t;;5?,6-,7+,8?;;;;;/i;;;6D;;;;. The summed E-state index contributed by atoms with van der Waals surface area (Å²) in [6.07, 6.45) is -38.3. The molecule has 0 amide bonds. The van der Waals surface area contributed by atoms with Crippen LogP contribution < -0.4 is 0 Å². The van der Waals surface area contributed by atoms with Crippen LogP contribution in [0.4, 0.5) is 162 Å². The van der Waals surface area contributed by atoms with E-state index in [1.165, 1.54) is 40.5 Å². The molecule has 0 heterocycles. The van der Waals surface area contributed by atoms with E-state index in [4.69, 9.17) is 1.37 Å². The molecule has 0 saturated heterocycles. The Hall–Kier alpha value is -2.59. The van der Waals surface area contributed by atoms with Gasteiger partial charge in [0.15, 0.2) is 6.17 Å². The van der Waals surface area contributed by atoms with Crippen molar-refractivity contribution in [3.8, 4) is 0 Å². The molecule has 0 spiro atoms. The summed E-state index contributed by atoms with van der Waals surface area (Å²) >= 11 is 0. The summed E-state index contributed by atoms with van der Waals surface area (Å²) in [6.45, 7) is 22.3.